The average Bonchev–Trinajstić information content (AvgIpc) is 2.96. The molecule has 0 atom stereocenters. The van der Waals surface area contributed by atoms with Crippen LogP contribution in [0.25, 0.3) is 0 Å². The van der Waals surface area contributed by atoms with E-state index in [1.807, 2.05) is 13.0 Å². The van der Waals surface area contributed by atoms with Gasteiger partial charge in [0.2, 0.25) is 5.95 Å². The van der Waals surface area contributed by atoms with Crippen LogP contribution in [0.15, 0.2) is 47.7 Å². The van der Waals surface area contributed by atoms with Gasteiger partial charge in [0.1, 0.15) is 12.4 Å². The lowest BCUT2D eigenvalue weighted by atomic mass is 10.2. The highest BCUT2D eigenvalue weighted by Crippen LogP contribution is 2.29. The van der Waals surface area contributed by atoms with Crippen LogP contribution in [0.3, 0.4) is 0 Å². The van der Waals surface area contributed by atoms with E-state index in [0.717, 1.165) is 11.3 Å². The molecule has 0 aliphatic rings. The Labute approximate surface area is 161 Å². The van der Waals surface area contributed by atoms with Crippen molar-refractivity contribution in [3.05, 3.63) is 70.3 Å². The number of aryl methyl sites for hydroxylation is 1. The van der Waals surface area contributed by atoms with Gasteiger partial charge in [-0.1, -0.05) is 17.7 Å². The number of anilines is 1. The molecule has 0 aliphatic carbocycles. The van der Waals surface area contributed by atoms with Gasteiger partial charge in [-0.15, -0.1) is 0 Å². The van der Waals surface area contributed by atoms with Gasteiger partial charge in [-0.2, -0.15) is 5.10 Å². The summed E-state index contributed by atoms with van der Waals surface area (Å²) in [4.78, 5) is 4.09. The first-order chi connectivity index (χ1) is 13.0. The first-order valence-corrected chi connectivity index (χ1v) is 8.44. The Morgan fingerprint density at radius 3 is 2.74 bits per heavy atom. The van der Waals surface area contributed by atoms with E-state index in [1.165, 1.54) is 16.8 Å². The molecule has 1 heterocycles. The van der Waals surface area contributed by atoms with Gasteiger partial charge < -0.3 is 15.2 Å². The summed E-state index contributed by atoms with van der Waals surface area (Å²) >= 11 is 6.04. The molecule has 0 aliphatic heterocycles. The molecule has 2 N–H and O–H groups in total. The van der Waals surface area contributed by atoms with Crippen LogP contribution in [0.5, 0.6) is 11.5 Å². The Bertz CT molecular complexity index is 988. The second-order valence-corrected chi connectivity index (χ2v) is 6.17. The van der Waals surface area contributed by atoms with Crippen molar-refractivity contribution in [2.24, 2.45) is 5.10 Å². The lowest BCUT2D eigenvalue weighted by Crippen LogP contribution is -2.00. The molecule has 0 radical (unpaired) electrons. The zero-order valence-electron chi connectivity index (χ0n) is 14.8. The molecule has 0 fully saturated rings. The molecule has 0 spiro atoms. The van der Waals surface area contributed by atoms with Gasteiger partial charge in [0.05, 0.1) is 30.2 Å². The first-order valence-electron chi connectivity index (χ1n) is 8.07. The molecule has 8 heteroatoms. The molecular weight excluding hydrogens is 371 g/mol. The van der Waals surface area contributed by atoms with E-state index in [0.29, 0.717) is 28.0 Å². The van der Waals surface area contributed by atoms with Crippen molar-refractivity contribution >= 4 is 23.8 Å². The minimum Gasteiger partial charge on any atom is -0.493 e. The maximum absolute atomic E-state index is 13.2. The fourth-order valence-corrected chi connectivity index (χ4v) is 2.63. The van der Waals surface area contributed by atoms with E-state index in [4.69, 9.17) is 26.8 Å². The van der Waals surface area contributed by atoms with Crippen molar-refractivity contribution in [2.75, 3.05) is 12.8 Å². The number of methoxy groups -OCH3 is 1. The van der Waals surface area contributed by atoms with E-state index in [1.54, 1.807) is 37.7 Å². The summed E-state index contributed by atoms with van der Waals surface area (Å²) in [6.07, 6.45) is 3.36. The number of imidazole rings is 1. The highest BCUT2D eigenvalue weighted by atomic mass is 35.5. The summed E-state index contributed by atoms with van der Waals surface area (Å²) in [5, 5.41) is 4.58. The Balaban J connectivity index is 1.79. The number of rotatable bonds is 6. The average molecular weight is 389 g/mol. The summed E-state index contributed by atoms with van der Waals surface area (Å²) in [6, 6.07) is 9.55. The summed E-state index contributed by atoms with van der Waals surface area (Å²) in [6.45, 7) is 2.01. The Kier molecular flexibility index (Phi) is 5.61. The maximum Gasteiger partial charge on any atom is 0.221 e. The molecule has 3 aromatic rings. The SMILES string of the molecule is COc1ccc(C=Nn2cc(C)nc2N)cc1OCc1ccc(F)cc1Cl. The summed E-state index contributed by atoms with van der Waals surface area (Å²) in [5.74, 6) is 0.980. The zero-order chi connectivity index (χ0) is 19.4. The predicted octanol–water partition coefficient (Wildman–Crippen LogP) is 4.04. The highest BCUT2D eigenvalue weighted by molar-refractivity contribution is 6.31. The van der Waals surface area contributed by atoms with Crippen molar-refractivity contribution < 1.29 is 13.9 Å². The molecule has 0 amide bonds. The van der Waals surface area contributed by atoms with Crippen molar-refractivity contribution in [3.63, 3.8) is 0 Å². The standard InChI is InChI=1S/C19H18ClFN4O2/c1-12-10-25(19(22)24-12)23-9-13-3-6-17(26-2)18(7-13)27-11-14-4-5-15(21)8-16(14)20/h3-10H,11H2,1-2H3,(H2,22,24). The van der Waals surface area contributed by atoms with Crippen molar-refractivity contribution in [1.29, 1.82) is 0 Å². The number of nitrogen functional groups attached to an aromatic ring is 1. The van der Waals surface area contributed by atoms with Gasteiger partial charge in [-0.05, 0) is 42.8 Å². The van der Waals surface area contributed by atoms with Gasteiger partial charge >= 0.3 is 0 Å². The number of halogens is 2. The molecule has 140 valence electrons. The van der Waals surface area contributed by atoms with Gasteiger partial charge in [0.25, 0.3) is 0 Å². The summed E-state index contributed by atoms with van der Waals surface area (Å²) < 4.78 is 25.8. The van der Waals surface area contributed by atoms with Crippen molar-refractivity contribution in [3.8, 4) is 11.5 Å². The van der Waals surface area contributed by atoms with Gasteiger partial charge in [0.15, 0.2) is 11.5 Å². The van der Waals surface area contributed by atoms with Crippen molar-refractivity contribution in [2.45, 2.75) is 13.5 Å². The van der Waals surface area contributed by atoms with Crippen LogP contribution in [-0.2, 0) is 6.61 Å². The molecule has 0 saturated heterocycles. The zero-order valence-corrected chi connectivity index (χ0v) is 15.6. The normalized spacial score (nSPS) is 11.1. The van der Waals surface area contributed by atoms with Crippen LogP contribution >= 0.6 is 11.6 Å². The number of aromatic nitrogens is 2. The fraction of sp³-hybridized carbons (Fsp3) is 0.158. The Hall–Kier alpha value is -3.06. The Morgan fingerprint density at radius 1 is 1.26 bits per heavy atom. The molecule has 0 saturated carbocycles. The third-order valence-electron chi connectivity index (χ3n) is 3.75. The minimum absolute atomic E-state index is 0.170. The molecule has 2 aromatic carbocycles. The van der Waals surface area contributed by atoms with Gasteiger partial charge in [0, 0.05) is 5.56 Å². The van der Waals surface area contributed by atoms with E-state index < -0.39 is 5.82 Å². The van der Waals surface area contributed by atoms with Crippen LogP contribution in [0.2, 0.25) is 5.02 Å². The molecule has 27 heavy (non-hydrogen) atoms. The summed E-state index contributed by atoms with van der Waals surface area (Å²) in [5.41, 5.74) is 8.00. The smallest absolute Gasteiger partial charge is 0.221 e. The number of ether oxygens (including phenoxy) is 2. The monoisotopic (exact) mass is 388 g/mol. The quantitative estimate of drug-likeness (QED) is 0.647. The molecular formula is C19H18ClFN4O2. The lowest BCUT2D eigenvalue weighted by molar-refractivity contribution is 0.284. The van der Waals surface area contributed by atoms with Crippen LogP contribution in [-0.4, -0.2) is 23.0 Å². The van der Waals surface area contributed by atoms with Gasteiger partial charge in [-0.25, -0.2) is 14.1 Å². The van der Waals surface area contributed by atoms with Crippen LogP contribution in [0.1, 0.15) is 16.8 Å². The van der Waals surface area contributed by atoms with Crippen molar-refractivity contribution in [1.82, 2.24) is 9.66 Å². The molecule has 6 nitrogen and oxygen atoms in total. The number of hydrogen-bond acceptors (Lipinski definition) is 5. The van der Waals surface area contributed by atoms with Gasteiger partial charge in [-0.3, -0.25) is 0 Å². The molecule has 0 bridgehead atoms. The maximum atomic E-state index is 13.2. The second kappa shape index (κ2) is 8.09. The number of benzene rings is 2. The van der Waals surface area contributed by atoms with Crippen LogP contribution in [0.4, 0.5) is 10.3 Å². The van der Waals surface area contributed by atoms with E-state index in [2.05, 4.69) is 10.1 Å². The topological polar surface area (TPSA) is 74.7 Å². The predicted molar refractivity (Wildman–Crippen MR) is 103 cm³/mol. The molecule has 0 unspecified atom stereocenters. The van der Waals surface area contributed by atoms with E-state index in [-0.39, 0.29) is 6.61 Å². The second-order valence-electron chi connectivity index (χ2n) is 5.76. The minimum atomic E-state index is -0.395. The van der Waals surface area contributed by atoms with E-state index in [9.17, 15) is 4.39 Å². The molecule has 1 aromatic heterocycles. The first kappa shape index (κ1) is 18.7. The lowest BCUT2D eigenvalue weighted by Gasteiger charge is -2.12. The number of nitrogens with two attached hydrogens (primary N) is 1. The fourth-order valence-electron chi connectivity index (χ4n) is 2.41. The van der Waals surface area contributed by atoms with E-state index >= 15 is 0 Å². The number of hydrogen-bond donors (Lipinski definition) is 1. The summed E-state index contributed by atoms with van der Waals surface area (Å²) in [7, 11) is 1.55. The largest absolute Gasteiger partial charge is 0.493 e. The Morgan fingerprint density at radius 2 is 2.07 bits per heavy atom. The number of nitrogens with zero attached hydrogens (tertiary/aromatic N) is 3. The highest BCUT2D eigenvalue weighted by Gasteiger charge is 2.08. The third-order valence-corrected chi connectivity index (χ3v) is 4.10. The van der Waals surface area contributed by atoms with Crippen LogP contribution < -0.4 is 15.2 Å². The third kappa shape index (κ3) is 4.57. The molecule has 3 rings (SSSR count). The van der Waals surface area contributed by atoms with Crippen LogP contribution in [0, 0.1) is 12.7 Å².